The van der Waals surface area contributed by atoms with E-state index in [2.05, 4.69) is 26.1 Å². The number of ether oxygens (including phenoxy) is 6. The first kappa shape index (κ1) is 40.4. The van der Waals surface area contributed by atoms with Crippen LogP contribution in [0.15, 0.2) is 0 Å². The van der Waals surface area contributed by atoms with Crippen molar-refractivity contribution in [3.05, 3.63) is 0 Å². The molecule has 1 amide bonds. The van der Waals surface area contributed by atoms with Crippen LogP contribution >= 0.6 is 0 Å². The molecule has 0 radical (unpaired) electrons. The summed E-state index contributed by atoms with van der Waals surface area (Å²) in [5.74, 6) is -0.0756. The molecule has 0 aromatic carbocycles. The number of aliphatic hydroxyl groups excluding tert-OH is 1. The van der Waals surface area contributed by atoms with E-state index in [0.29, 0.717) is 48.9 Å². The standard InChI is InChI=1S/C39H61NO12/c1-20(9-12-33(46)47-8)27-10-11-28-26-18-31(45)30-17-25(13-15-39(30,7)29(26)14-16-38(27,28)6)51-37-34(40-21(2)41)36(50-24(5)44)35(49-23(4)43)32(52-37)19-48-22(3)42/h20,25-32,34-37,45H,9-19H2,1-8H3,(H,40,41)/t20-,25-,26+,27-,28+,29+,30+,31-,32-,34-,35-,36-,37-,38-,39-/m1/s1. The molecule has 294 valence electrons. The molecular formula is C39H61NO12. The zero-order valence-corrected chi connectivity index (χ0v) is 32.2. The fourth-order valence-corrected chi connectivity index (χ4v) is 11.6. The number of rotatable bonds is 11. The third kappa shape index (κ3) is 8.31. The molecule has 5 rings (SSSR count). The summed E-state index contributed by atoms with van der Waals surface area (Å²) in [5, 5.41) is 14.7. The Balaban J connectivity index is 1.33. The zero-order valence-electron chi connectivity index (χ0n) is 32.2. The van der Waals surface area contributed by atoms with Crippen molar-refractivity contribution in [2.75, 3.05) is 13.7 Å². The molecule has 1 saturated heterocycles. The lowest BCUT2D eigenvalue weighted by molar-refractivity contribution is -0.295. The van der Waals surface area contributed by atoms with Crippen molar-refractivity contribution < 1.29 is 57.5 Å². The second-order valence-electron chi connectivity index (χ2n) is 16.9. The van der Waals surface area contributed by atoms with Gasteiger partial charge < -0.3 is 38.8 Å². The molecule has 0 aromatic heterocycles. The minimum absolute atomic E-state index is 0.00857. The van der Waals surface area contributed by atoms with Gasteiger partial charge >= 0.3 is 23.9 Å². The molecule has 4 saturated carbocycles. The third-order valence-corrected chi connectivity index (χ3v) is 13.8. The minimum Gasteiger partial charge on any atom is -0.469 e. The molecule has 5 aliphatic rings. The Labute approximate surface area is 307 Å². The lowest BCUT2D eigenvalue weighted by Crippen LogP contribution is -2.67. The van der Waals surface area contributed by atoms with E-state index >= 15 is 0 Å². The maximum Gasteiger partial charge on any atom is 0.305 e. The van der Waals surface area contributed by atoms with Gasteiger partial charge in [0.15, 0.2) is 18.5 Å². The van der Waals surface area contributed by atoms with Crippen molar-refractivity contribution in [1.82, 2.24) is 5.32 Å². The Morgan fingerprint density at radius 3 is 2.13 bits per heavy atom. The molecule has 1 heterocycles. The Kier molecular flexibility index (Phi) is 12.7. The molecule has 52 heavy (non-hydrogen) atoms. The molecule has 4 aliphatic carbocycles. The first-order chi connectivity index (χ1) is 24.5. The third-order valence-electron chi connectivity index (χ3n) is 13.8. The van der Waals surface area contributed by atoms with Gasteiger partial charge in [-0.3, -0.25) is 24.0 Å². The fourth-order valence-electron chi connectivity index (χ4n) is 11.6. The predicted octanol–water partition coefficient (Wildman–Crippen LogP) is 4.25. The van der Waals surface area contributed by atoms with E-state index in [0.717, 1.165) is 44.9 Å². The number of esters is 4. The van der Waals surface area contributed by atoms with E-state index in [9.17, 15) is 29.1 Å². The number of carbonyl (C=O) groups is 5. The van der Waals surface area contributed by atoms with E-state index < -0.39 is 60.6 Å². The normalized spacial score (nSPS) is 41.6. The van der Waals surface area contributed by atoms with E-state index in [1.54, 1.807) is 0 Å². The van der Waals surface area contributed by atoms with Crippen LogP contribution in [0.2, 0.25) is 0 Å². The highest BCUT2D eigenvalue weighted by Crippen LogP contribution is 2.68. The quantitative estimate of drug-likeness (QED) is 0.176. The molecule has 15 atom stereocenters. The first-order valence-electron chi connectivity index (χ1n) is 19.3. The Morgan fingerprint density at radius 1 is 0.846 bits per heavy atom. The molecule has 0 aromatic rings. The molecular weight excluding hydrogens is 674 g/mol. The van der Waals surface area contributed by atoms with Crippen molar-refractivity contribution in [2.45, 2.75) is 156 Å². The van der Waals surface area contributed by atoms with Crippen LogP contribution in [0.1, 0.15) is 113 Å². The van der Waals surface area contributed by atoms with Gasteiger partial charge in [0.2, 0.25) is 5.91 Å². The summed E-state index contributed by atoms with van der Waals surface area (Å²) in [6.07, 6.45) is 3.33. The fraction of sp³-hybridized carbons (Fsp3) is 0.872. The average molecular weight is 736 g/mol. The maximum atomic E-state index is 12.5. The SMILES string of the molecule is COC(=O)CC[C@@H](C)[C@H]1CC[C@H]2[C@@H]3C[C@@H](O)[C@@H]4C[C@H](O[C@@H]5O[C@H](COC(C)=O)[C@@H](OC(C)=O)[C@H](OC(C)=O)[C@H]5NC(C)=O)CC[C@]4(C)[C@H]3CC[C@]12C. The van der Waals surface area contributed by atoms with Crippen molar-refractivity contribution >= 4 is 29.8 Å². The van der Waals surface area contributed by atoms with Crippen LogP contribution in [0.4, 0.5) is 0 Å². The van der Waals surface area contributed by atoms with E-state index in [4.69, 9.17) is 28.4 Å². The van der Waals surface area contributed by atoms with Gasteiger partial charge in [0.25, 0.3) is 0 Å². The topological polar surface area (TPSA) is 173 Å². The maximum absolute atomic E-state index is 12.5. The van der Waals surface area contributed by atoms with Gasteiger partial charge in [-0.25, -0.2) is 0 Å². The lowest BCUT2D eigenvalue weighted by atomic mass is 9.43. The average Bonchev–Trinajstić information content (AvgIpc) is 3.42. The number of aliphatic hydroxyl groups is 1. The summed E-state index contributed by atoms with van der Waals surface area (Å²) >= 11 is 0. The molecule has 0 spiro atoms. The molecule has 0 bridgehead atoms. The van der Waals surface area contributed by atoms with Crippen LogP contribution in [-0.2, 0) is 52.4 Å². The van der Waals surface area contributed by atoms with E-state index in [1.165, 1.54) is 34.8 Å². The summed E-state index contributed by atoms with van der Waals surface area (Å²) in [4.78, 5) is 60.6. The number of amides is 1. The highest BCUT2D eigenvalue weighted by molar-refractivity contribution is 5.73. The second-order valence-corrected chi connectivity index (χ2v) is 16.9. The number of hydrogen-bond acceptors (Lipinski definition) is 12. The monoisotopic (exact) mass is 735 g/mol. The highest BCUT2D eigenvalue weighted by atomic mass is 16.7. The van der Waals surface area contributed by atoms with Gasteiger partial charge in [-0.15, -0.1) is 0 Å². The zero-order chi connectivity index (χ0) is 38.1. The van der Waals surface area contributed by atoms with Crippen LogP contribution in [0.5, 0.6) is 0 Å². The summed E-state index contributed by atoms with van der Waals surface area (Å²) < 4.78 is 34.3. The summed E-state index contributed by atoms with van der Waals surface area (Å²) in [5.41, 5.74) is 0.100. The smallest absolute Gasteiger partial charge is 0.305 e. The summed E-state index contributed by atoms with van der Waals surface area (Å²) in [6.45, 7) is 11.8. The van der Waals surface area contributed by atoms with Crippen LogP contribution < -0.4 is 5.32 Å². The molecule has 0 unspecified atom stereocenters. The Morgan fingerprint density at radius 2 is 1.50 bits per heavy atom. The first-order valence-corrected chi connectivity index (χ1v) is 19.3. The van der Waals surface area contributed by atoms with Crippen LogP contribution in [0, 0.1) is 46.3 Å². The minimum atomic E-state index is -1.19. The van der Waals surface area contributed by atoms with Gasteiger partial charge in [-0.05, 0) is 104 Å². The second kappa shape index (κ2) is 16.3. The number of methoxy groups -OCH3 is 1. The van der Waals surface area contributed by atoms with E-state index in [1.807, 2.05) is 0 Å². The van der Waals surface area contributed by atoms with Gasteiger partial charge in [-0.1, -0.05) is 20.8 Å². The number of hydrogen-bond donors (Lipinski definition) is 2. The van der Waals surface area contributed by atoms with Gasteiger partial charge in [-0.2, -0.15) is 0 Å². The van der Waals surface area contributed by atoms with Crippen molar-refractivity contribution in [2.24, 2.45) is 46.3 Å². The summed E-state index contributed by atoms with van der Waals surface area (Å²) in [6, 6.07) is -1.03. The highest BCUT2D eigenvalue weighted by Gasteiger charge is 2.63. The van der Waals surface area contributed by atoms with Gasteiger partial charge in [0.05, 0.1) is 19.3 Å². The molecule has 1 aliphatic heterocycles. The van der Waals surface area contributed by atoms with Gasteiger partial charge in [0.1, 0.15) is 18.8 Å². The molecule has 13 nitrogen and oxygen atoms in total. The van der Waals surface area contributed by atoms with Crippen LogP contribution in [-0.4, -0.2) is 91.5 Å². The Bertz CT molecular complexity index is 1340. The number of fused-ring (bicyclic) bond motifs is 5. The number of nitrogens with one attached hydrogen (secondary N) is 1. The van der Waals surface area contributed by atoms with Crippen LogP contribution in [0.3, 0.4) is 0 Å². The van der Waals surface area contributed by atoms with Crippen molar-refractivity contribution in [1.29, 1.82) is 0 Å². The van der Waals surface area contributed by atoms with Crippen LogP contribution in [0.25, 0.3) is 0 Å². The Hall–Kier alpha value is -2.77. The predicted molar refractivity (Wildman–Crippen MR) is 186 cm³/mol. The summed E-state index contributed by atoms with van der Waals surface area (Å²) in [7, 11) is 1.45. The van der Waals surface area contributed by atoms with Crippen molar-refractivity contribution in [3.8, 4) is 0 Å². The van der Waals surface area contributed by atoms with E-state index in [-0.39, 0.29) is 35.4 Å². The largest absolute Gasteiger partial charge is 0.469 e. The molecule has 13 heteroatoms. The lowest BCUT2D eigenvalue weighted by Gasteiger charge is -2.62. The molecule has 2 N–H and O–H groups in total. The van der Waals surface area contributed by atoms with Crippen molar-refractivity contribution in [3.63, 3.8) is 0 Å². The molecule has 5 fully saturated rings. The van der Waals surface area contributed by atoms with Gasteiger partial charge in [0, 0.05) is 34.1 Å². The number of carbonyl (C=O) groups excluding carboxylic acids is 5.